The first-order valence-corrected chi connectivity index (χ1v) is 11.7. The van der Waals surface area contributed by atoms with E-state index in [2.05, 4.69) is 15.1 Å². The third-order valence-electron chi connectivity index (χ3n) is 5.19. The lowest BCUT2D eigenvalue weighted by atomic mass is 10.1. The number of aromatic nitrogens is 3. The van der Waals surface area contributed by atoms with Crippen molar-refractivity contribution in [2.24, 2.45) is 5.92 Å². The van der Waals surface area contributed by atoms with Gasteiger partial charge in [0.05, 0.1) is 23.3 Å². The monoisotopic (exact) mass is 481 g/mol. The third kappa shape index (κ3) is 5.42. The number of aryl methyl sites for hydroxylation is 1. The Morgan fingerprint density at radius 1 is 1.18 bits per heavy atom. The average Bonchev–Trinajstić information content (AvgIpc) is 3.45. The smallest absolute Gasteiger partial charge is 0.306 e. The Kier molecular flexibility index (Phi) is 7.22. The molecule has 0 unspecified atom stereocenters. The summed E-state index contributed by atoms with van der Waals surface area (Å²) in [5, 5.41) is 5.68. The van der Waals surface area contributed by atoms with Crippen LogP contribution in [0.15, 0.2) is 47.1 Å². The van der Waals surface area contributed by atoms with Crippen molar-refractivity contribution in [1.29, 1.82) is 0 Å². The van der Waals surface area contributed by atoms with Crippen LogP contribution >= 0.6 is 11.6 Å². The summed E-state index contributed by atoms with van der Waals surface area (Å²) in [6, 6.07) is 11.3. The Hall–Kier alpha value is -3.32. The number of nitrogens with one attached hydrogen (secondary N) is 1. The molecule has 8 heteroatoms. The first-order valence-electron chi connectivity index (χ1n) is 11.4. The number of para-hydroxylation sites is 1. The van der Waals surface area contributed by atoms with E-state index < -0.39 is 0 Å². The van der Waals surface area contributed by atoms with E-state index in [0.717, 1.165) is 22.0 Å². The first-order chi connectivity index (χ1) is 16.3. The number of aromatic amines is 1. The van der Waals surface area contributed by atoms with Gasteiger partial charge in [0.1, 0.15) is 5.75 Å². The number of H-pyrrole nitrogens is 1. The lowest BCUT2D eigenvalue weighted by Gasteiger charge is -2.11. The van der Waals surface area contributed by atoms with Gasteiger partial charge in [-0.25, -0.2) is 0 Å². The van der Waals surface area contributed by atoms with Gasteiger partial charge < -0.3 is 19.0 Å². The maximum atomic E-state index is 12.0. The van der Waals surface area contributed by atoms with Crippen molar-refractivity contribution in [3.05, 3.63) is 53.2 Å². The second-order valence-corrected chi connectivity index (χ2v) is 9.26. The fourth-order valence-electron chi connectivity index (χ4n) is 3.61. The molecule has 0 aliphatic rings. The molecule has 178 valence electrons. The maximum Gasteiger partial charge on any atom is 0.306 e. The number of esters is 1. The zero-order valence-electron chi connectivity index (χ0n) is 19.7. The molecule has 2 aromatic carbocycles. The summed E-state index contributed by atoms with van der Waals surface area (Å²) in [4.78, 5) is 19.9. The zero-order chi connectivity index (χ0) is 24.2. The minimum atomic E-state index is -0.189. The number of rotatable bonds is 9. The van der Waals surface area contributed by atoms with E-state index in [1.54, 1.807) is 12.1 Å². The Labute approximate surface area is 203 Å². The van der Waals surface area contributed by atoms with Crippen molar-refractivity contribution in [1.82, 2.24) is 15.1 Å². The Morgan fingerprint density at radius 3 is 2.74 bits per heavy atom. The van der Waals surface area contributed by atoms with Crippen molar-refractivity contribution < 1.29 is 18.8 Å². The largest absolute Gasteiger partial charge is 0.489 e. The van der Waals surface area contributed by atoms with E-state index in [4.69, 9.17) is 25.6 Å². The Morgan fingerprint density at radius 2 is 2.00 bits per heavy atom. The number of carbonyl (C=O) groups is 1. The standard InChI is InChI=1S/C26H28ClN3O4/c1-15(2)14-32-23(31)11-9-18-13-28-24-19(18)6-5-7-20(24)25-29-26(34-30-25)17-8-10-22(21(27)12-17)33-16(3)4/h5-8,10,12-13,15-16,28H,9,11,14H2,1-4H3. The highest BCUT2D eigenvalue weighted by Gasteiger charge is 2.17. The molecule has 0 saturated heterocycles. The fourth-order valence-corrected chi connectivity index (χ4v) is 3.83. The molecule has 4 aromatic rings. The van der Waals surface area contributed by atoms with E-state index in [1.807, 2.05) is 58.2 Å². The van der Waals surface area contributed by atoms with Crippen LogP contribution in [0.4, 0.5) is 0 Å². The number of nitrogens with zero attached hydrogens (tertiary/aromatic N) is 2. The van der Waals surface area contributed by atoms with Gasteiger partial charge in [0.15, 0.2) is 0 Å². The molecule has 7 nitrogen and oxygen atoms in total. The van der Waals surface area contributed by atoms with Crippen molar-refractivity contribution in [2.45, 2.75) is 46.6 Å². The van der Waals surface area contributed by atoms with Crippen LogP contribution in [0.1, 0.15) is 39.7 Å². The average molecular weight is 482 g/mol. The summed E-state index contributed by atoms with van der Waals surface area (Å²) >= 11 is 6.36. The number of ether oxygens (including phenoxy) is 2. The molecule has 2 aromatic heterocycles. The lowest BCUT2D eigenvalue weighted by Crippen LogP contribution is -2.10. The van der Waals surface area contributed by atoms with Crippen LogP contribution in [0, 0.1) is 5.92 Å². The van der Waals surface area contributed by atoms with E-state index in [-0.39, 0.29) is 12.1 Å². The van der Waals surface area contributed by atoms with Gasteiger partial charge in [0, 0.05) is 29.1 Å². The number of hydrogen-bond acceptors (Lipinski definition) is 6. The molecule has 0 saturated carbocycles. The molecule has 0 aliphatic heterocycles. The van der Waals surface area contributed by atoms with Crippen molar-refractivity contribution >= 4 is 28.5 Å². The first kappa shape index (κ1) is 23.8. The maximum absolute atomic E-state index is 12.0. The summed E-state index contributed by atoms with van der Waals surface area (Å²) in [7, 11) is 0. The molecular formula is C26H28ClN3O4. The summed E-state index contributed by atoms with van der Waals surface area (Å²) in [5.74, 6) is 1.57. The number of fused-ring (bicyclic) bond motifs is 1. The SMILES string of the molecule is CC(C)COC(=O)CCc1c[nH]c2c(-c3noc(-c4ccc(OC(C)C)c(Cl)c4)n3)cccc12. The van der Waals surface area contributed by atoms with Crippen LogP contribution in [0.25, 0.3) is 33.7 Å². The minimum Gasteiger partial charge on any atom is -0.489 e. The number of benzene rings is 2. The summed E-state index contributed by atoms with van der Waals surface area (Å²) in [5.41, 5.74) is 3.44. The van der Waals surface area contributed by atoms with Crippen LogP contribution in [0.5, 0.6) is 5.75 Å². The molecule has 0 aliphatic carbocycles. The van der Waals surface area contributed by atoms with Gasteiger partial charge in [-0.3, -0.25) is 4.79 Å². The molecule has 0 radical (unpaired) electrons. The highest BCUT2D eigenvalue weighted by atomic mass is 35.5. The van der Waals surface area contributed by atoms with Crippen LogP contribution in [-0.2, 0) is 16.0 Å². The van der Waals surface area contributed by atoms with Crippen LogP contribution in [0.3, 0.4) is 0 Å². The van der Waals surface area contributed by atoms with Crippen molar-refractivity contribution in [2.75, 3.05) is 6.61 Å². The topological polar surface area (TPSA) is 90.2 Å². The second-order valence-electron chi connectivity index (χ2n) is 8.85. The minimum absolute atomic E-state index is 0.0234. The van der Waals surface area contributed by atoms with Gasteiger partial charge in [-0.05, 0) is 56.0 Å². The Balaban J connectivity index is 1.54. The van der Waals surface area contributed by atoms with Gasteiger partial charge in [-0.2, -0.15) is 4.98 Å². The fraction of sp³-hybridized carbons (Fsp3) is 0.346. The van der Waals surface area contributed by atoms with E-state index in [9.17, 15) is 4.79 Å². The van der Waals surface area contributed by atoms with Gasteiger partial charge in [-0.1, -0.05) is 42.7 Å². The van der Waals surface area contributed by atoms with Crippen LogP contribution in [0.2, 0.25) is 5.02 Å². The van der Waals surface area contributed by atoms with Gasteiger partial charge >= 0.3 is 5.97 Å². The van der Waals surface area contributed by atoms with Gasteiger partial charge in [0.2, 0.25) is 5.82 Å². The van der Waals surface area contributed by atoms with E-state index in [0.29, 0.717) is 53.4 Å². The Bertz CT molecular complexity index is 1290. The predicted molar refractivity (Wildman–Crippen MR) is 132 cm³/mol. The quantitative estimate of drug-likeness (QED) is 0.276. The van der Waals surface area contributed by atoms with Crippen molar-refractivity contribution in [3.8, 4) is 28.6 Å². The van der Waals surface area contributed by atoms with E-state index in [1.165, 1.54) is 0 Å². The molecule has 0 atom stereocenters. The highest BCUT2D eigenvalue weighted by Crippen LogP contribution is 2.33. The van der Waals surface area contributed by atoms with Crippen LogP contribution < -0.4 is 4.74 Å². The molecule has 34 heavy (non-hydrogen) atoms. The summed E-state index contributed by atoms with van der Waals surface area (Å²) in [6.45, 7) is 8.36. The number of halogens is 1. The molecule has 2 heterocycles. The van der Waals surface area contributed by atoms with Gasteiger partial charge in [-0.15, -0.1) is 0 Å². The molecule has 4 rings (SSSR count). The highest BCUT2D eigenvalue weighted by molar-refractivity contribution is 6.32. The molecule has 0 amide bonds. The number of hydrogen-bond donors (Lipinski definition) is 1. The van der Waals surface area contributed by atoms with E-state index >= 15 is 0 Å². The summed E-state index contributed by atoms with van der Waals surface area (Å²) in [6.07, 6.45) is 2.85. The van der Waals surface area contributed by atoms with Crippen LogP contribution in [-0.4, -0.2) is 33.8 Å². The van der Waals surface area contributed by atoms with Crippen molar-refractivity contribution in [3.63, 3.8) is 0 Å². The lowest BCUT2D eigenvalue weighted by molar-refractivity contribution is -0.144. The van der Waals surface area contributed by atoms with Gasteiger partial charge in [0.25, 0.3) is 5.89 Å². The molecular weight excluding hydrogens is 454 g/mol. The number of carbonyl (C=O) groups excluding carboxylic acids is 1. The molecule has 0 spiro atoms. The zero-order valence-corrected chi connectivity index (χ0v) is 20.5. The molecule has 1 N–H and O–H groups in total. The molecule has 0 bridgehead atoms. The summed E-state index contributed by atoms with van der Waals surface area (Å²) < 4.78 is 16.5. The normalized spacial score (nSPS) is 11.5. The predicted octanol–water partition coefficient (Wildman–Crippen LogP) is 6.46. The second kappa shape index (κ2) is 10.3. The third-order valence-corrected chi connectivity index (χ3v) is 5.48. The molecule has 0 fully saturated rings.